The Morgan fingerprint density at radius 2 is 1.90 bits per heavy atom. The van der Waals surface area contributed by atoms with Gasteiger partial charge in [0.05, 0.1) is 22.3 Å². The van der Waals surface area contributed by atoms with E-state index in [1.165, 1.54) is 11.0 Å². The summed E-state index contributed by atoms with van der Waals surface area (Å²) >= 11 is 0. The Hall–Kier alpha value is -4.38. The molecule has 0 spiro atoms. The van der Waals surface area contributed by atoms with Gasteiger partial charge in [-0.05, 0) is 74.6 Å². The summed E-state index contributed by atoms with van der Waals surface area (Å²) in [7, 11) is 3.49. The fraction of sp³-hybridized carbons (Fsp3) is 0.250. The average molecular weight is 537 g/mol. The second-order valence-corrected chi connectivity index (χ2v) is 9.91. The van der Waals surface area contributed by atoms with Crippen LogP contribution in [0.5, 0.6) is 0 Å². The molecule has 2 amide bonds. The summed E-state index contributed by atoms with van der Waals surface area (Å²) in [4.78, 5) is 29.3. The van der Waals surface area contributed by atoms with Crippen LogP contribution in [0.15, 0.2) is 54.6 Å². The molecule has 5 rings (SSSR count). The number of hydrogen-bond acceptors (Lipinski definition) is 5. The molecule has 2 heterocycles. The minimum Gasteiger partial charge on any atom is -0.355 e. The SMILES string of the molecule is Cc1[nH]nc2cc(Nc3cccc4c3C(=O)N(CC(=O)Nc3cc(CN(C)C)cc(C(F)(F)F)c3)C4)ccc12. The Bertz CT molecular complexity index is 1580. The molecule has 0 fully saturated rings. The molecule has 1 aliphatic rings. The molecule has 11 heteroatoms. The van der Waals surface area contributed by atoms with Crippen molar-refractivity contribution in [2.24, 2.45) is 0 Å². The lowest BCUT2D eigenvalue weighted by Crippen LogP contribution is -2.33. The quantitative estimate of drug-likeness (QED) is 0.299. The molecule has 3 N–H and O–H groups in total. The third-order valence-corrected chi connectivity index (χ3v) is 6.47. The minimum atomic E-state index is -4.56. The molecule has 3 aromatic carbocycles. The first kappa shape index (κ1) is 26.2. The summed E-state index contributed by atoms with van der Waals surface area (Å²) in [5.74, 6) is -0.919. The van der Waals surface area contributed by atoms with E-state index in [0.717, 1.165) is 40.0 Å². The number of amides is 2. The highest BCUT2D eigenvalue weighted by Gasteiger charge is 2.33. The van der Waals surface area contributed by atoms with Gasteiger partial charge in [0, 0.05) is 35.5 Å². The van der Waals surface area contributed by atoms with E-state index in [0.29, 0.717) is 16.8 Å². The topological polar surface area (TPSA) is 93.4 Å². The van der Waals surface area contributed by atoms with Crippen molar-refractivity contribution in [3.8, 4) is 0 Å². The van der Waals surface area contributed by atoms with Gasteiger partial charge in [-0.1, -0.05) is 12.1 Å². The van der Waals surface area contributed by atoms with Crippen LogP contribution in [0.2, 0.25) is 0 Å². The highest BCUT2D eigenvalue weighted by Crippen LogP contribution is 2.34. The van der Waals surface area contributed by atoms with Gasteiger partial charge in [0.2, 0.25) is 5.91 Å². The molecule has 0 bridgehead atoms. The van der Waals surface area contributed by atoms with Crippen LogP contribution in [0.4, 0.5) is 30.2 Å². The highest BCUT2D eigenvalue weighted by molar-refractivity contribution is 6.06. The van der Waals surface area contributed by atoms with Gasteiger partial charge >= 0.3 is 6.18 Å². The molecule has 4 aromatic rings. The van der Waals surface area contributed by atoms with Crippen LogP contribution in [-0.2, 0) is 24.1 Å². The molecule has 39 heavy (non-hydrogen) atoms. The number of nitrogens with one attached hydrogen (secondary N) is 3. The Labute approximate surface area is 222 Å². The Morgan fingerprint density at radius 3 is 2.64 bits per heavy atom. The molecule has 0 unspecified atom stereocenters. The van der Waals surface area contributed by atoms with Gasteiger partial charge in [0.15, 0.2) is 0 Å². The van der Waals surface area contributed by atoms with Crippen LogP contribution in [0.1, 0.15) is 32.7 Å². The van der Waals surface area contributed by atoms with E-state index in [1.54, 1.807) is 25.1 Å². The first-order valence-corrected chi connectivity index (χ1v) is 12.3. The van der Waals surface area contributed by atoms with Crippen LogP contribution < -0.4 is 10.6 Å². The molecule has 0 atom stereocenters. The standard InChI is InChI=1S/C28H27F3N6O2/c1-16-22-8-7-20(12-24(22)35-34-16)32-23-6-4-5-18-14-37(27(39)26(18)23)15-25(38)33-21-10-17(13-36(2)3)9-19(11-21)28(29,30)31/h4-12,32H,13-15H2,1-3H3,(H,33,38)(H,34,35). The van der Waals surface area contributed by atoms with E-state index in [9.17, 15) is 22.8 Å². The summed E-state index contributed by atoms with van der Waals surface area (Å²) in [6.07, 6.45) is -4.56. The number of anilines is 3. The van der Waals surface area contributed by atoms with Crippen LogP contribution in [-0.4, -0.2) is 52.5 Å². The predicted molar refractivity (Wildman–Crippen MR) is 143 cm³/mol. The van der Waals surface area contributed by atoms with Crippen molar-refractivity contribution in [2.75, 3.05) is 31.3 Å². The van der Waals surface area contributed by atoms with Crippen LogP contribution >= 0.6 is 0 Å². The molecule has 0 saturated heterocycles. The zero-order chi connectivity index (χ0) is 27.9. The monoisotopic (exact) mass is 536 g/mol. The number of alkyl halides is 3. The van der Waals surface area contributed by atoms with Gasteiger partial charge in [0.25, 0.3) is 5.91 Å². The third-order valence-electron chi connectivity index (χ3n) is 6.47. The second-order valence-electron chi connectivity index (χ2n) is 9.91. The number of H-pyrrole nitrogens is 1. The molecular weight excluding hydrogens is 509 g/mol. The van der Waals surface area contributed by atoms with E-state index in [1.807, 2.05) is 37.3 Å². The molecule has 0 radical (unpaired) electrons. The number of carbonyl (C=O) groups excluding carboxylic acids is 2. The first-order valence-electron chi connectivity index (χ1n) is 12.3. The van der Waals surface area contributed by atoms with Crippen molar-refractivity contribution in [1.29, 1.82) is 0 Å². The Balaban J connectivity index is 1.31. The summed E-state index contributed by atoms with van der Waals surface area (Å²) in [5, 5.41) is 14.0. The number of fused-ring (bicyclic) bond motifs is 2. The van der Waals surface area contributed by atoms with Crippen molar-refractivity contribution in [3.05, 3.63) is 82.5 Å². The number of benzene rings is 3. The van der Waals surface area contributed by atoms with Gasteiger partial charge in [-0.2, -0.15) is 18.3 Å². The summed E-state index contributed by atoms with van der Waals surface area (Å²) in [6.45, 7) is 2.12. The van der Waals surface area contributed by atoms with E-state index in [-0.39, 0.29) is 31.2 Å². The van der Waals surface area contributed by atoms with Gasteiger partial charge < -0.3 is 20.4 Å². The zero-order valence-corrected chi connectivity index (χ0v) is 21.6. The number of halogens is 3. The fourth-order valence-electron chi connectivity index (χ4n) is 4.79. The lowest BCUT2D eigenvalue weighted by molar-refractivity contribution is -0.137. The summed E-state index contributed by atoms with van der Waals surface area (Å²) in [5.41, 5.74) is 3.90. The molecule has 0 saturated carbocycles. The zero-order valence-electron chi connectivity index (χ0n) is 21.6. The largest absolute Gasteiger partial charge is 0.416 e. The van der Waals surface area contributed by atoms with Gasteiger partial charge in [-0.3, -0.25) is 14.7 Å². The van der Waals surface area contributed by atoms with Crippen LogP contribution in [0, 0.1) is 6.92 Å². The number of carbonyl (C=O) groups is 2. The number of nitrogens with zero attached hydrogens (tertiary/aromatic N) is 3. The number of aromatic amines is 1. The summed E-state index contributed by atoms with van der Waals surface area (Å²) in [6, 6.07) is 14.6. The van der Waals surface area contributed by atoms with E-state index >= 15 is 0 Å². The second kappa shape index (κ2) is 10.1. The fourth-order valence-corrected chi connectivity index (χ4v) is 4.79. The normalized spacial score (nSPS) is 13.3. The van der Waals surface area contributed by atoms with Crippen molar-refractivity contribution >= 4 is 39.8 Å². The van der Waals surface area contributed by atoms with Crippen LogP contribution in [0.3, 0.4) is 0 Å². The number of hydrogen-bond donors (Lipinski definition) is 3. The third kappa shape index (κ3) is 5.58. The Kier molecular flexibility index (Phi) is 6.77. The van der Waals surface area contributed by atoms with E-state index in [4.69, 9.17) is 0 Å². The smallest absolute Gasteiger partial charge is 0.355 e. The van der Waals surface area contributed by atoms with Crippen molar-refractivity contribution in [3.63, 3.8) is 0 Å². The molecular formula is C28H27F3N6O2. The minimum absolute atomic E-state index is 0.0298. The average Bonchev–Trinajstić information content (AvgIpc) is 3.37. The lowest BCUT2D eigenvalue weighted by Gasteiger charge is -2.18. The number of aryl methyl sites for hydroxylation is 1. The number of rotatable bonds is 7. The molecule has 8 nitrogen and oxygen atoms in total. The highest BCUT2D eigenvalue weighted by atomic mass is 19.4. The molecule has 1 aromatic heterocycles. The van der Waals surface area contributed by atoms with E-state index in [2.05, 4.69) is 20.8 Å². The molecule has 0 aliphatic carbocycles. The molecule has 202 valence electrons. The van der Waals surface area contributed by atoms with Crippen molar-refractivity contribution in [2.45, 2.75) is 26.2 Å². The molecule has 1 aliphatic heterocycles. The number of aromatic nitrogens is 2. The maximum Gasteiger partial charge on any atom is 0.416 e. The lowest BCUT2D eigenvalue weighted by atomic mass is 10.1. The van der Waals surface area contributed by atoms with Crippen LogP contribution in [0.25, 0.3) is 10.9 Å². The van der Waals surface area contributed by atoms with Gasteiger partial charge in [0.1, 0.15) is 6.54 Å². The van der Waals surface area contributed by atoms with Gasteiger partial charge in [-0.25, -0.2) is 0 Å². The van der Waals surface area contributed by atoms with Crippen molar-refractivity contribution < 1.29 is 22.8 Å². The van der Waals surface area contributed by atoms with Gasteiger partial charge in [-0.15, -0.1) is 0 Å². The van der Waals surface area contributed by atoms with E-state index < -0.39 is 17.6 Å². The van der Waals surface area contributed by atoms with Crippen molar-refractivity contribution in [1.82, 2.24) is 20.0 Å². The maximum absolute atomic E-state index is 13.4. The summed E-state index contributed by atoms with van der Waals surface area (Å²) < 4.78 is 40.3. The predicted octanol–water partition coefficient (Wildman–Crippen LogP) is 5.29. The first-order chi connectivity index (χ1) is 18.5. The Morgan fingerprint density at radius 1 is 1.10 bits per heavy atom. The maximum atomic E-state index is 13.4.